The molecule has 2 aromatic rings. The highest BCUT2D eigenvalue weighted by Crippen LogP contribution is 2.50. The Morgan fingerprint density at radius 1 is 0.900 bits per heavy atom. The molecule has 1 aliphatic carbocycles. The average Bonchev–Trinajstić information content (AvgIpc) is 3.41. The van der Waals surface area contributed by atoms with Gasteiger partial charge in [0.1, 0.15) is 11.6 Å². The van der Waals surface area contributed by atoms with Crippen LogP contribution in [0, 0.1) is 17.6 Å². The van der Waals surface area contributed by atoms with E-state index in [4.69, 9.17) is 9.47 Å². The fraction of sp³-hybridized carbons (Fsp3) is 0.364. The van der Waals surface area contributed by atoms with Crippen LogP contribution in [0.2, 0.25) is 0 Å². The Labute approximate surface area is 172 Å². The maximum atomic E-state index is 13.9. The van der Waals surface area contributed by atoms with Crippen molar-refractivity contribution in [1.82, 2.24) is 9.80 Å². The lowest BCUT2D eigenvalue weighted by atomic mass is 10.1. The molecule has 2 atom stereocenters. The van der Waals surface area contributed by atoms with Crippen LogP contribution in [0.5, 0.6) is 11.5 Å². The lowest BCUT2D eigenvalue weighted by molar-refractivity contribution is -0.134. The Bertz CT molecular complexity index is 1020. The Morgan fingerprint density at radius 2 is 1.63 bits per heavy atom. The summed E-state index contributed by atoms with van der Waals surface area (Å²) < 4.78 is 37.7. The second-order valence-electron chi connectivity index (χ2n) is 7.80. The number of hydrogen-bond acceptors (Lipinski definition) is 4. The molecule has 3 aliphatic rings. The van der Waals surface area contributed by atoms with Crippen LogP contribution >= 0.6 is 0 Å². The van der Waals surface area contributed by atoms with Crippen molar-refractivity contribution in [2.75, 3.05) is 33.0 Å². The summed E-state index contributed by atoms with van der Waals surface area (Å²) in [6, 6.07) is 8.71. The summed E-state index contributed by atoms with van der Waals surface area (Å²) >= 11 is 0. The molecule has 2 amide bonds. The van der Waals surface area contributed by atoms with Crippen molar-refractivity contribution in [3.8, 4) is 11.5 Å². The van der Waals surface area contributed by atoms with Crippen molar-refractivity contribution in [2.45, 2.75) is 12.3 Å². The van der Waals surface area contributed by atoms with Gasteiger partial charge in [-0.2, -0.15) is 0 Å². The fourth-order valence-electron chi connectivity index (χ4n) is 4.18. The van der Waals surface area contributed by atoms with Gasteiger partial charge in [0, 0.05) is 38.2 Å². The van der Waals surface area contributed by atoms with Gasteiger partial charge in [0.05, 0.1) is 5.56 Å². The molecule has 8 heteroatoms. The third-order valence-electron chi connectivity index (χ3n) is 5.97. The van der Waals surface area contributed by atoms with Gasteiger partial charge in [-0.3, -0.25) is 9.59 Å². The number of fused-ring (bicyclic) bond motifs is 1. The molecule has 5 rings (SSSR count). The standard InChI is InChI=1S/C22H20F2N2O4/c23-14-2-3-15(18(24)10-14)21(27)25-5-7-26(8-6-25)22(28)17-11-16(17)13-1-4-19-20(9-13)30-12-29-19/h1-4,9-10,16-17H,5-8,11-12H2. The van der Waals surface area contributed by atoms with Gasteiger partial charge in [0.25, 0.3) is 5.91 Å². The lowest BCUT2D eigenvalue weighted by Crippen LogP contribution is -2.51. The molecule has 0 N–H and O–H groups in total. The molecule has 6 nitrogen and oxygen atoms in total. The monoisotopic (exact) mass is 414 g/mol. The highest BCUT2D eigenvalue weighted by atomic mass is 19.1. The quantitative estimate of drug-likeness (QED) is 0.775. The molecule has 30 heavy (non-hydrogen) atoms. The molecule has 1 saturated heterocycles. The molecule has 156 valence electrons. The van der Waals surface area contributed by atoms with E-state index in [9.17, 15) is 18.4 Å². The molecule has 0 spiro atoms. The Balaban J connectivity index is 1.18. The van der Waals surface area contributed by atoms with Crippen LogP contribution in [0.4, 0.5) is 8.78 Å². The summed E-state index contributed by atoms with van der Waals surface area (Å²) in [5, 5.41) is 0. The van der Waals surface area contributed by atoms with Crippen molar-refractivity contribution in [3.05, 3.63) is 59.2 Å². The summed E-state index contributed by atoms with van der Waals surface area (Å²) in [6.07, 6.45) is 0.790. The summed E-state index contributed by atoms with van der Waals surface area (Å²) in [5.74, 6) is -0.459. The zero-order chi connectivity index (χ0) is 20.8. The second kappa shape index (κ2) is 7.27. The van der Waals surface area contributed by atoms with Crippen LogP contribution in [-0.4, -0.2) is 54.6 Å². The molecule has 2 heterocycles. The first kappa shape index (κ1) is 18.8. The van der Waals surface area contributed by atoms with Crippen molar-refractivity contribution >= 4 is 11.8 Å². The molecule has 0 aromatic heterocycles. The number of halogens is 2. The smallest absolute Gasteiger partial charge is 0.256 e. The van der Waals surface area contributed by atoms with Gasteiger partial charge < -0.3 is 19.3 Å². The first-order valence-electron chi connectivity index (χ1n) is 9.94. The van der Waals surface area contributed by atoms with Crippen molar-refractivity contribution in [3.63, 3.8) is 0 Å². The highest BCUT2D eigenvalue weighted by molar-refractivity contribution is 5.94. The van der Waals surface area contributed by atoms with E-state index in [1.165, 1.54) is 4.90 Å². The van der Waals surface area contributed by atoms with E-state index < -0.39 is 17.5 Å². The van der Waals surface area contributed by atoms with Gasteiger partial charge in [-0.05, 0) is 42.2 Å². The van der Waals surface area contributed by atoms with E-state index in [0.717, 1.165) is 29.9 Å². The van der Waals surface area contributed by atoms with Gasteiger partial charge in [-0.1, -0.05) is 6.07 Å². The van der Waals surface area contributed by atoms with E-state index in [1.807, 2.05) is 18.2 Å². The molecule has 0 radical (unpaired) electrons. The van der Waals surface area contributed by atoms with E-state index in [1.54, 1.807) is 4.90 Å². The Kier molecular flexibility index (Phi) is 4.56. The van der Waals surface area contributed by atoms with E-state index in [2.05, 4.69) is 0 Å². The minimum absolute atomic E-state index is 0.0674. The fourth-order valence-corrected chi connectivity index (χ4v) is 4.18. The zero-order valence-electron chi connectivity index (χ0n) is 16.1. The van der Waals surface area contributed by atoms with Crippen molar-refractivity contribution in [1.29, 1.82) is 0 Å². The van der Waals surface area contributed by atoms with Crippen LogP contribution in [0.25, 0.3) is 0 Å². The maximum Gasteiger partial charge on any atom is 0.256 e. The Hall–Kier alpha value is -3.16. The molecular weight excluding hydrogens is 394 g/mol. The van der Waals surface area contributed by atoms with Crippen LogP contribution in [0.3, 0.4) is 0 Å². The lowest BCUT2D eigenvalue weighted by Gasteiger charge is -2.35. The normalized spacial score (nSPS) is 22.2. The topological polar surface area (TPSA) is 59.1 Å². The number of benzene rings is 2. The van der Waals surface area contributed by atoms with Crippen molar-refractivity contribution in [2.24, 2.45) is 5.92 Å². The summed E-state index contributed by atoms with van der Waals surface area (Å²) in [5.41, 5.74) is 0.916. The summed E-state index contributed by atoms with van der Waals surface area (Å²) in [4.78, 5) is 28.7. The molecule has 2 aromatic carbocycles. The SMILES string of the molecule is O=C(c1ccc(F)cc1F)N1CCN(C(=O)C2CC2c2ccc3c(c2)OCO3)CC1. The van der Waals surface area contributed by atoms with E-state index in [0.29, 0.717) is 38.0 Å². The van der Waals surface area contributed by atoms with Gasteiger partial charge in [-0.25, -0.2) is 8.78 Å². The predicted octanol–water partition coefficient (Wildman–Crippen LogP) is 2.78. The first-order valence-corrected chi connectivity index (χ1v) is 9.94. The largest absolute Gasteiger partial charge is 0.454 e. The molecular formula is C22H20F2N2O4. The number of carbonyl (C=O) groups excluding carboxylic acids is 2. The third kappa shape index (κ3) is 3.36. The molecule has 2 aliphatic heterocycles. The van der Waals surface area contributed by atoms with Crippen LogP contribution in [-0.2, 0) is 4.79 Å². The Morgan fingerprint density at radius 3 is 2.40 bits per heavy atom. The number of carbonyl (C=O) groups is 2. The number of ether oxygens (including phenoxy) is 2. The predicted molar refractivity (Wildman–Crippen MR) is 102 cm³/mol. The maximum absolute atomic E-state index is 13.9. The van der Waals surface area contributed by atoms with Crippen LogP contribution < -0.4 is 9.47 Å². The average molecular weight is 414 g/mol. The van der Waals surface area contributed by atoms with Crippen molar-refractivity contribution < 1.29 is 27.8 Å². The molecule has 2 unspecified atom stereocenters. The van der Waals surface area contributed by atoms with E-state index in [-0.39, 0.29) is 30.1 Å². The second-order valence-corrected chi connectivity index (χ2v) is 7.80. The van der Waals surface area contributed by atoms with Gasteiger partial charge in [-0.15, -0.1) is 0 Å². The van der Waals surface area contributed by atoms with E-state index >= 15 is 0 Å². The molecule has 2 fully saturated rings. The number of nitrogens with zero attached hydrogens (tertiary/aromatic N) is 2. The zero-order valence-corrected chi connectivity index (χ0v) is 16.1. The van der Waals surface area contributed by atoms with Crippen LogP contribution in [0.1, 0.15) is 28.3 Å². The molecule has 0 bridgehead atoms. The third-order valence-corrected chi connectivity index (χ3v) is 5.97. The number of piperazine rings is 1. The highest BCUT2D eigenvalue weighted by Gasteiger charge is 2.46. The van der Waals surface area contributed by atoms with Crippen LogP contribution in [0.15, 0.2) is 36.4 Å². The van der Waals surface area contributed by atoms with Gasteiger partial charge in [0.2, 0.25) is 12.7 Å². The number of hydrogen-bond donors (Lipinski definition) is 0. The number of rotatable bonds is 3. The van der Waals surface area contributed by atoms with Gasteiger partial charge >= 0.3 is 0 Å². The number of amides is 2. The minimum atomic E-state index is -0.872. The van der Waals surface area contributed by atoms with Gasteiger partial charge in [0.15, 0.2) is 11.5 Å². The minimum Gasteiger partial charge on any atom is -0.454 e. The molecule has 1 saturated carbocycles. The first-order chi connectivity index (χ1) is 14.5. The summed E-state index contributed by atoms with van der Waals surface area (Å²) in [7, 11) is 0. The summed E-state index contributed by atoms with van der Waals surface area (Å²) in [6.45, 7) is 1.66.